The van der Waals surface area contributed by atoms with Crippen LogP contribution in [0.3, 0.4) is 0 Å². The molecule has 1 N–H and O–H groups in total. The van der Waals surface area contributed by atoms with Crippen molar-refractivity contribution in [2.75, 3.05) is 6.54 Å². The second-order valence-corrected chi connectivity index (χ2v) is 4.69. The predicted octanol–water partition coefficient (Wildman–Crippen LogP) is 3.57. The average Bonchev–Trinajstić information content (AvgIpc) is 2.37. The Kier molecular flexibility index (Phi) is 7.65. The molecule has 96 valence electrons. The van der Waals surface area contributed by atoms with Crippen molar-refractivity contribution in [1.29, 1.82) is 0 Å². The van der Waals surface area contributed by atoms with Gasteiger partial charge in [-0.15, -0.1) is 0 Å². The molecular weight excluding hydrogens is 208 g/mol. The minimum atomic E-state index is 0.710. The summed E-state index contributed by atoms with van der Waals surface area (Å²) < 4.78 is 0. The van der Waals surface area contributed by atoms with Crippen LogP contribution in [0.4, 0.5) is 0 Å². The number of pyridine rings is 1. The molecule has 1 rings (SSSR count). The van der Waals surface area contributed by atoms with Gasteiger partial charge in [0.05, 0.1) is 0 Å². The Bertz CT molecular complexity index is 272. The molecule has 1 aromatic heterocycles. The predicted molar refractivity (Wildman–Crippen MR) is 74.2 cm³/mol. The van der Waals surface area contributed by atoms with Crippen molar-refractivity contribution in [2.24, 2.45) is 0 Å². The Hall–Kier alpha value is -0.890. The van der Waals surface area contributed by atoms with Crippen LogP contribution in [0.25, 0.3) is 0 Å². The van der Waals surface area contributed by atoms with Gasteiger partial charge in [0.15, 0.2) is 0 Å². The first kappa shape index (κ1) is 14.2. The number of nitrogens with one attached hydrogen (secondary N) is 1. The van der Waals surface area contributed by atoms with Gasteiger partial charge in [0.1, 0.15) is 0 Å². The Labute approximate surface area is 106 Å². The van der Waals surface area contributed by atoms with Gasteiger partial charge in [-0.25, -0.2) is 0 Å². The van der Waals surface area contributed by atoms with Gasteiger partial charge in [-0.2, -0.15) is 0 Å². The fourth-order valence-corrected chi connectivity index (χ4v) is 2.12. The molecule has 0 radical (unpaired) electrons. The van der Waals surface area contributed by atoms with Crippen molar-refractivity contribution in [3.05, 3.63) is 30.1 Å². The highest BCUT2D eigenvalue weighted by molar-refractivity contribution is 5.09. The molecule has 0 aliphatic rings. The maximum absolute atomic E-state index is 4.04. The zero-order valence-corrected chi connectivity index (χ0v) is 11.3. The van der Waals surface area contributed by atoms with E-state index in [9.17, 15) is 0 Å². The largest absolute Gasteiger partial charge is 0.314 e. The summed E-state index contributed by atoms with van der Waals surface area (Å²) in [6.07, 6.45) is 11.4. The lowest BCUT2D eigenvalue weighted by Gasteiger charge is -2.17. The summed E-state index contributed by atoms with van der Waals surface area (Å²) in [5, 5.41) is 3.68. The van der Waals surface area contributed by atoms with E-state index in [0.717, 1.165) is 13.0 Å². The van der Waals surface area contributed by atoms with Crippen LogP contribution in [-0.2, 0) is 6.42 Å². The summed E-state index contributed by atoms with van der Waals surface area (Å²) >= 11 is 0. The van der Waals surface area contributed by atoms with Crippen molar-refractivity contribution in [3.8, 4) is 0 Å². The minimum Gasteiger partial charge on any atom is -0.314 e. The van der Waals surface area contributed by atoms with Crippen LogP contribution in [-0.4, -0.2) is 17.6 Å². The Morgan fingerprint density at radius 2 is 1.88 bits per heavy atom. The molecule has 0 saturated heterocycles. The molecule has 1 aromatic rings. The second-order valence-electron chi connectivity index (χ2n) is 4.69. The topological polar surface area (TPSA) is 24.9 Å². The van der Waals surface area contributed by atoms with Crippen LogP contribution < -0.4 is 5.32 Å². The summed E-state index contributed by atoms with van der Waals surface area (Å²) in [4.78, 5) is 4.04. The first-order valence-electron chi connectivity index (χ1n) is 6.99. The molecule has 0 bridgehead atoms. The molecule has 1 heterocycles. The highest BCUT2D eigenvalue weighted by atomic mass is 14.9. The standard InChI is InChI=1S/C15H26N2/c1-3-5-7-15(6-4-2)17-13-10-14-8-11-16-12-9-14/h8-9,11-12,15,17H,3-7,10,13H2,1-2H3. The summed E-state index contributed by atoms with van der Waals surface area (Å²) in [6.45, 7) is 5.61. The molecule has 1 atom stereocenters. The van der Waals surface area contributed by atoms with E-state index >= 15 is 0 Å². The van der Waals surface area contributed by atoms with E-state index in [0.29, 0.717) is 6.04 Å². The van der Waals surface area contributed by atoms with Gasteiger partial charge in [0.25, 0.3) is 0 Å². The van der Waals surface area contributed by atoms with Crippen molar-refractivity contribution >= 4 is 0 Å². The van der Waals surface area contributed by atoms with Gasteiger partial charge in [-0.05, 0) is 43.5 Å². The Morgan fingerprint density at radius 3 is 2.53 bits per heavy atom. The Morgan fingerprint density at radius 1 is 1.12 bits per heavy atom. The van der Waals surface area contributed by atoms with Crippen LogP contribution in [0, 0.1) is 0 Å². The molecule has 0 saturated carbocycles. The zero-order chi connectivity index (χ0) is 12.3. The van der Waals surface area contributed by atoms with E-state index in [-0.39, 0.29) is 0 Å². The molecule has 0 spiro atoms. The van der Waals surface area contributed by atoms with E-state index in [2.05, 4.69) is 36.3 Å². The van der Waals surface area contributed by atoms with Gasteiger partial charge in [-0.3, -0.25) is 4.98 Å². The third-order valence-electron chi connectivity index (χ3n) is 3.14. The van der Waals surface area contributed by atoms with Crippen LogP contribution in [0.1, 0.15) is 51.5 Å². The van der Waals surface area contributed by atoms with E-state index < -0.39 is 0 Å². The maximum Gasteiger partial charge on any atom is 0.0270 e. The molecule has 0 aromatic carbocycles. The highest BCUT2D eigenvalue weighted by Gasteiger charge is 2.05. The molecule has 0 fully saturated rings. The third-order valence-corrected chi connectivity index (χ3v) is 3.14. The summed E-state index contributed by atoms with van der Waals surface area (Å²) in [7, 11) is 0. The van der Waals surface area contributed by atoms with Crippen molar-refractivity contribution in [2.45, 2.75) is 58.4 Å². The molecule has 17 heavy (non-hydrogen) atoms. The number of aromatic nitrogens is 1. The van der Waals surface area contributed by atoms with Crippen LogP contribution in [0.2, 0.25) is 0 Å². The summed E-state index contributed by atoms with van der Waals surface area (Å²) in [6, 6.07) is 4.91. The summed E-state index contributed by atoms with van der Waals surface area (Å²) in [5.41, 5.74) is 1.37. The van der Waals surface area contributed by atoms with Gasteiger partial charge in [0, 0.05) is 18.4 Å². The smallest absolute Gasteiger partial charge is 0.0270 e. The number of nitrogens with zero attached hydrogens (tertiary/aromatic N) is 1. The van der Waals surface area contributed by atoms with Crippen LogP contribution in [0.15, 0.2) is 24.5 Å². The average molecular weight is 234 g/mol. The van der Waals surface area contributed by atoms with Crippen molar-refractivity contribution in [1.82, 2.24) is 10.3 Å². The molecule has 2 nitrogen and oxygen atoms in total. The first-order chi connectivity index (χ1) is 8.36. The SMILES string of the molecule is CCCCC(CCC)NCCc1ccncc1. The fourth-order valence-electron chi connectivity index (χ4n) is 2.12. The first-order valence-corrected chi connectivity index (χ1v) is 6.99. The summed E-state index contributed by atoms with van der Waals surface area (Å²) in [5.74, 6) is 0. The van der Waals surface area contributed by atoms with Gasteiger partial charge in [0.2, 0.25) is 0 Å². The monoisotopic (exact) mass is 234 g/mol. The van der Waals surface area contributed by atoms with E-state index in [1.807, 2.05) is 12.4 Å². The molecule has 0 aliphatic heterocycles. The van der Waals surface area contributed by atoms with E-state index in [4.69, 9.17) is 0 Å². The molecule has 2 heteroatoms. The van der Waals surface area contributed by atoms with Crippen molar-refractivity contribution < 1.29 is 0 Å². The Balaban J connectivity index is 2.22. The molecule has 1 unspecified atom stereocenters. The van der Waals surface area contributed by atoms with Crippen LogP contribution >= 0.6 is 0 Å². The maximum atomic E-state index is 4.04. The lowest BCUT2D eigenvalue weighted by Crippen LogP contribution is -2.30. The van der Waals surface area contributed by atoms with Gasteiger partial charge in [-0.1, -0.05) is 33.1 Å². The minimum absolute atomic E-state index is 0.710. The van der Waals surface area contributed by atoms with Crippen LogP contribution in [0.5, 0.6) is 0 Å². The lowest BCUT2D eigenvalue weighted by atomic mass is 10.0. The lowest BCUT2D eigenvalue weighted by molar-refractivity contribution is 0.438. The third kappa shape index (κ3) is 6.42. The highest BCUT2D eigenvalue weighted by Crippen LogP contribution is 2.07. The van der Waals surface area contributed by atoms with E-state index in [1.54, 1.807) is 0 Å². The number of hydrogen-bond acceptors (Lipinski definition) is 2. The molecule has 0 aliphatic carbocycles. The fraction of sp³-hybridized carbons (Fsp3) is 0.667. The molecule has 0 amide bonds. The number of unbranched alkanes of at least 4 members (excludes halogenated alkanes) is 1. The van der Waals surface area contributed by atoms with Gasteiger partial charge < -0.3 is 5.32 Å². The quantitative estimate of drug-likeness (QED) is 0.706. The zero-order valence-electron chi connectivity index (χ0n) is 11.3. The van der Waals surface area contributed by atoms with Crippen molar-refractivity contribution in [3.63, 3.8) is 0 Å². The number of hydrogen-bond donors (Lipinski definition) is 1. The normalized spacial score (nSPS) is 12.6. The second kappa shape index (κ2) is 9.17. The van der Waals surface area contributed by atoms with E-state index in [1.165, 1.54) is 37.7 Å². The number of rotatable bonds is 9. The molecular formula is C15H26N2. The van der Waals surface area contributed by atoms with Gasteiger partial charge >= 0.3 is 0 Å².